The molecule has 3 aliphatic heterocycles. The molecule has 2 saturated carbocycles. The Morgan fingerprint density at radius 1 is 1.09 bits per heavy atom. The zero-order valence-electron chi connectivity index (χ0n) is 30.7. The zero-order chi connectivity index (χ0) is 38.3. The molecule has 3 N–H and O–H groups in total. The lowest BCUT2D eigenvalue weighted by Gasteiger charge is -2.30. The third-order valence-corrected chi connectivity index (χ3v) is 13.3. The number of amides is 5. The van der Waals surface area contributed by atoms with E-state index in [2.05, 4.69) is 15.4 Å². The van der Waals surface area contributed by atoms with Crippen LogP contribution in [0.3, 0.4) is 0 Å². The van der Waals surface area contributed by atoms with Gasteiger partial charge >= 0.3 is 12.2 Å². The van der Waals surface area contributed by atoms with Gasteiger partial charge in [-0.15, -0.1) is 0 Å². The Morgan fingerprint density at radius 2 is 1.85 bits per heavy atom. The molecule has 0 unspecified atom stereocenters. The van der Waals surface area contributed by atoms with Crippen molar-refractivity contribution in [3.8, 4) is 0 Å². The molecule has 3 fully saturated rings. The van der Waals surface area contributed by atoms with Gasteiger partial charge in [0.2, 0.25) is 21.8 Å². The monoisotopic (exact) mass is 759 g/mol. The molecule has 5 aliphatic rings. The number of carbonyl (C=O) groups excluding carboxylic acids is 5. The van der Waals surface area contributed by atoms with Gasteiger partial charge < -0.3 is 25.0 Å². The van der Waals surface area contributed by atoms with Crippen LogP contribution in [0.15, 0.2) is 30.4 Å². The fourth-order valence-corrected chi connectivity index (χ4v) is 9.28. The lowest BCUT2D eigenvalue weighted by molar-refractivity contribution is -0.141. The summed E-state index contributed by atoms with van der Waals surface area (Å²) < 4.78 is 53.5. The number of hydrogen-bond donors (Lipinski definition) is 3. The summed E-state index contributed by atoms with van der Waals surface area (Å²) in [5.74, 6) is -3.07. The first-order valence-electron chi connectivity index (χ1n) is 18.5. The van der Waals surface area contributed by atoms with Crippen LogP contribution in [0.5, 0.6) is 0 Å². The van der Waals surface area contributed by atoms with Crippen LogP contribution in [0.1, 0.15) is 103 Å². The van der Waals surface area contributed by atoms with Crippen molar-refractivity contribution >= 4 is 39.9 Å². The predicted octanol–water partition coefficient (Wildman–Crippen LogP) is 3.92. The number of carbonyl (C=O) groups is 5. The van der Waals surface area contributed by atoms with E-state index >= 15 is 0 Å². The minimum Gasteiger partial charge on any atom is -0.444 e. The number of benzene rings is 1. The summed E-state index contributed by atoms with van der Waals surface area (Å²) in [6, 6.07) is 2.29. The number of hydrogen-bond acceptors (Lipinski definition) is 9. The number of allylic oxidation sites excluding steroid dienone is 1. The molecule has 0 spiro atoms. The number of alkyl carbamates (subject to hydrolysis) is 1. The summed E-state index contributed by atoms with van der Waals surface area (Å²) in [5, 5.41) is 5.48. The first-order chi connectivity index (χ1) is 25.0. The molecule has 5 amide bonds. The minimum atomic E-state index is -4.03. The molecular weight excluding hydrogens is 709 g/mol. The second-order valence-electron chi connectivity index (χ2n) is 16.0. The van der Waals surface area contributed by atoms with Crippen molar-refractivity contribution in [2.45, 2.75) is 139 Å². The van der Waals surface area contributed by atoms with E-state index in [9.17, 15) is 36.8 Å². The van der Waals surface area contributed by atoms with Gasteiger partial charge in [-0.2, -0.15) is 0 Å². The van der Waals surface area contributed by atoms with Gasteiger partial charge in [-0.25, -0.2) is 22.4 Å². The van der Waals surface area contributed by atoms with Gasteiger partial charge in [0, 0.05) is 24.4 Å². The molecule has 0 aromatic heterocycles. The third-order valence-electron chi connectivity index (χ3n) is 11.0. The largest absolute Gasteiger partial charge is 0.444 e. The average molecular weight is 760 g/mol. The van der Waals surface area contributed by atoms with Crippen molar-refractivity contribution in [1.29, 1.82) is 0 Å². The Balaban J connectivity index is 1.26. The van der Waals surface area contributed by atoms with E-state index < -0.39 is 85.7 Å². The molecule has 0 bridgehead atoms. The summed E-state index contributed by atoms with van der Waals surface area (Å²) in [7, 11) is -4.03. The predicted molar refractivity (Wildman–Crippen MR) is 190 cm³/mol. The van der Waals surface area contributed by atoms with Gasteiger partial charge in [-0.05, 0) is 77.3 Å². The topological polar surface area (TPSA) is 181 Å². The number of rotatable bonds is 6. The molecule has 3 heterocycles. The van der Waals surface area contributed by atoms with Gasteiger partial charge in [-0.3, -0.25) is 24.0 Å². The molecule has 1 aromatic rings. The van der Waals surface area contributed by atoms with Crippen LogP contribution in [0.25, 0.3) is 0 Å². The molecular formula is C37H50FN5O9S. The van der Waals surface area contributed by atoms with Gasteiger partial charge in [0.25, 0.3) is 5.91 Å². The Labute approximate surface area is 309 Å². The van der Waals surface area contributed by atoms with Crippen LogP contribution >= 0.6 is 0 Å². The van der Waals surface area contributed by atoms with Crippen molar-refractivity contribution in [3.63, 3.8) is 0 Å². The van der Waals surface area contributed by atoms with Crippen molar-refractivity contribution in [1.82, 2.24) is 25.2 Å². The molecule has 290 valence electrons. The summed E-state index contributed by atoms with van der Waals surface area (Å²) in [6.07, 6.45) is 5.42. The number of ether oxygens (including phenoxy) is 2. The second-order valence-corrected chi connectivity index (χ2v) is 18.1. The van der Waals surface area contributed by atoms with Crippen LogP contribution < -0.4 is 15.4 Å². The molecule has 2 aliphatic carbocycles. The van der Waals surface area contributed by atoms with E-state index in [0.717, 1.165) is 12.8 Å². The van der Waals surface area contributed by atoms with Gasteiger partial charge in [0.15, 0.2) is 0 Å². The van der Waals surface area contributed by atoms with Crippen LogP contribution in [0.2, 0.25) is 0 Å². The number of halogens is 1. The Bertz CT molecular complexity index is 1790. The van der Waals surface area contributed by atoms with Crippen LogP contribution in [0.4, 0.5) is 14.0 Å². The maximum atomic E-state index is 14.4. The lowest BCUT2D eigenvalue weighted by atomic mass is 10.0. The number of nitrogens with one attached hydrogen (secondary N) is 3. The van der Waals surface area contributed by atoms with Crippen molar-refractivity contribution in [2.24, 2.45) is 5.92 Å². The molecule has 5 atom stereocenters. The highest BCUT2D eigenvalue weighted by atomic mass is 32.2. The molecule has 53 heavy (non-hydrogen) atoms. The van der Waals surface area contributed by atoms with Gasteiger partial charge in [-0.1, -0.05) is 44.1 Å². The number of nitrogens with zero attached hydrogens (tertiary/aromatic N) is 2. The highest BCUT2D eigenvalue weighted by Gasteiger charge is 2.63. The normalized spacial score (nSPS) is 28.3. The number of sulfonamides is 1. The summed E-state index contributed by atoms with van der Waals surface area (Å²) in [6.45, 7) is 6.77. The van der Waals surface area contributed by atoms with Crippen LogP contribution in [0, 0.1) is 11.7 Å². The van der Waals surface area contributed by atoms with E-state index in [1.807, 2.05) is 12.2 Å². The molecule has 14 nitrogen and oxygen atoms in total. The van der Waals surface area contributed by atoms with E-state index in [4.69, 9.17) is 9.47 Å². The quantitative estimate of drug-likeness (QED) is 0.363. The smallest absolute Gasteiger partial charge is 0.410 e. The second kappa shape index (κ2) is 14.6. The van der Waals surface area contributed by atoms with E-state index in [0.29, 0.717) is 43.2 Å². The highest BCUT2D eigenvalue weighted by molar-refractivity contribution is 7.91. The molecule has 0 radical (unpaired) electrons. The van der Waals surface area contributed by atoms with Crippen LogP contribution in [-0.4, -0.2) is 88.7 Å². The molecule has 1 saturated heterocycles. The van der Waals surface area contributed by atoms with Crippen LogP contribution in [-0.2, 0) is 47.0 Å². The van der Waals surface area contributed by atoms with E-state index in [-0.39, 0.29) is 38.9 Å². The molecule has 1 aromatic carbocycles. The maximum absolute atomic E-state index is 14.4. The highest BCUT2D eigenvalue weighted by Crippen LogP contribution is 2.49. The first kappa shape index (κ1) is 38.5. The fourth-order valence-electron chi connectivity index (χ4n) is 7.62. The SMILES string of the molecule is CCC1(S(=O)(=O)NC(=O)[C@@]23C[C@H]2C=CCCCCC[C@H](NC(=O)OC(C)(C)C)C(=O)N2C[C@H](OC(=O)N4Cc5cccc(F)c5C4)C[C@H]2C(=O)N3)CC1. The summed E-state index contributed by atoms with van der Waals surface area (Å²) in [4.78, 5) is 71.3. The van der Waals surface area contributed by atoms with E-state index in [1.165, 1.54) is 15.9 Å². The Hall–Kier alpha value is -4.21. The maximum Gasteiger partial charge on any atom is 0.410 e. The summed E-state index contributed by atoms with van der Waals surface area (Å²) >= 11 is 0. The molecule has 6 rings (SSSR count). The van der Waals surface area contributed by atoms with Gasteiger partial charge in [0.1, 0.15) is 35.1 Å². The first-order valence-corrected chi connectivity index (χ1v) is 20.0. The Morgan fingerprint density at radius 3 is 2.53 bits per heavy atom. The van der Waals surface area contributed by atoms with E-state index in [1.54, 1.807) is 39.8 Å². The standard InChI is InChI=1S/C37H50FN5O9S/c1-5-36(16-17-36)53(49,50)41-32(46)37-19-24(37)13-9-7-6-8-10-15-28(39-33(47)52-35(2,3)4)31(45)43-21-25(18-29(43)30(44)40-37)51-34(48)42-20-23-12-11-14-27(38)26(23)22-42/h9,11-14,24-25,28-29H,5-8,10,15-22H2,1-4H3,(H,39,47)(H,40,44)(H,41,46)/t24-,25-,28+,29+,37-/m1/s1. The molecule has 16 heteroatoms. The lowest BCUT2D eigenvalue weighted by Crippen LogP contribution is -2.58. The van der Waals surface area contributed by atoms with Crippen molar-refractivity contribution < 1.29 is 46.3 Å². The zero-order valence-corrected chi connectivity index (χ0v) is 31.6. The average Bonchev–Trinajstić information content (AvgIpc) is 3.92. The summed E-state index contributed by atoms with van der Waals surface area (Å²) in [5.41, 5.74) is -1.38. The fraction of sp³-hybridized carbons (Fsp3) is 0.649. The Kier molecular flexibility index (Phi) is 10.6. The van der Waals surface area contributed by atoms with Gasteiger partial charge in [0.05, 0.1) is 17.8 Å². The minimum absolute atomic E-state index is 0.00321. The van der Waals surface area contributed by atoms with Crippen molar-refractivity contribution in [2.75, 3.05) is 6.54 Å². The number of fused-ring (bicyclic) bond motifs is 3. The third kappa shape index (κ3) is 8.16. The van der Waals surface area contributed by atoms with Crippen molar-refractivity contribution in [3.05, 3.63) is 47.3 Å².